The van der Waals surface area contributed by atoms with Crippen LogP contribution >= 0.6 is 0 Å². The van der Waals surface area contributed by atoms with Crippen molar-refractivity contribution in [3.63, 3.8) is 0 Å². The van der Waals surface area contributed by atoms with Gasteiger partial charge < -0.3 is 0 Å². The van der Waals surface area contributed by atoms with Gasteiger partial charge in [-0.05, 0) is 47.7 Å². The molecule has 3 aliphatic carbocycles. The third-order valence-electron chi connectivity index (χ3n) is 5.81. The molecule has 4 heteroatoms. The van der Waals surface area contributed by atoms with Gasteiger partial charge in [0.05, 0.1) is 11.0 Å². The zero-order valence-electron chi connectivity index (χ0n) is 15.0. The van der Waals surface area contributed by atoms with Crippen molar-refractivity contribution in [1.29, 1.82) is 0 Å². The predicted octanol–water partition coefficient (Wildman–Crippen LogP) is 4.75. The lowest BCUT2D eigenvalue weighted by molar-refractivity contribution is 0.156. The van der Waals surface area contributed by atoms with Crippen LogP contribution in [0.4, 0.5) is 0 Å². The van der Waals surface area contributed by atoms with Gasteiger partial charge in [0.2, 0.25) is 0 Å². The number of hydrogen-bond acceptors (Lipinski definition) is 3. The van der Waals surface area contributed by atoms with Crippen LogP contribution in [0.1, 0.15) is 46.1 Å². The maximum atomic E-state index is 12.9. The highest BCUT2D eigenvalue weighted by molar-refractivity contribution is 7.86. The van der Waals surface area contributed by atoms with E-state index in [-0.39, 0.29) is 22.8 Å². The molecule has 3 aliphatic rings. The molecule has 0 spiro atoms. The highest BCUT2D eigenvalue weighted by atomic mass is 32.2. The lowest BCUT2D eigenvalue weighted by atomic mass is 9.62. The Balaban J connectivity index is 1.57. The molecule has 0 amide bonds. The van der Waals surface area contributed by atoms with Crippen molar-refractivity contribution in [1.82, 2.24) is 0 Å². The maximum absolute atomic E-state index is 12.9. The van der Waals surface area contributed by atoms with Crippen molar-refractivity contribution >= 4 is 10.1 Å². The number of fused-ring (bicyclic) bond motifs is 1. The van der Waals surface area contributed by atoms with Crippen LogP contribution in [0.25, 0.3) is 0 Å². The molecule has 3 nitrogen and oxygen atoms in total. The Kier molecular flexibility index (Phi) is 3.74. The smallest absolute Gasteiger partial charge is 0.262 e. The molecule has 1 atom stereocenters. The van der Waals surface area contributed by atoms with E-state index in [2.05, 4.69) is 36.4 Å². The Bertz CT molecular complexity index is 1070. The normalized spacial score (nSPS) is 22.9. The topological polar surface area (TPSA) is 43.4 Å². The summed E-state index contributed by atoms with van der Waals surface area (Å²) in [4.78, 5) is 0.219. The highest BCUT2D eigenvalue weighted by Gasteiger charge is 2.45. The first kappa shape index (κ1) is 16.7. The van der Waals surface area contributed by atoms with E-state index in [4.69, 9.17) is 4.18 Å². The molecular formula is C23H20O3S. The first-order chi connectivity index (χ1) is 13.0. The number of benzene rings is 3. The molecule has 3 aromatic carbocycles. The van der Waals surface area contributed by atoms with Gasteiger partial charge in [0, 0.05) is 11.8 Å². The summed E-state index contributed by atoms with van der Waals surface area (Å²) in [6, 6.07) is 23.5. The molecule has 0 N–H and O–H groups in total. The fraction of sp³-hybridized carbons (Fsp3) is 0.217. The Labute approximate surface area is 159 Å². The second-order valence-electron chi connectivity index (χ2n) is 7.43. The lowest BCUT2D eigenvalue weighted by Crippen LogP contribution is -2.38. The third-order valence-corrected chi connectivity index (χ3v) is 7.16. The van der Waals surface area contributed by atoms with Gasteiger partial charge in [-0.2, -0.15) is 8.42 Å². The molecule has 0 aliphatic heterocycles. The van der Waals surface area contributed by atoms with Crippen molar-refractivity contribution in [2.24, 2.45) is 0 Å². The molecule has 0 radical (unpaired) electrons. The summed E-state index contributed by atoms with van der Waals surface area (Å²) in [7, 11) is -3.80. The number of hydrogen-bond donors (Lipinski definition) is 0. The summed E-state index contributed by atoms with van der Waals surface area (Å²) in [5.41, 5.74) is 6.00. The molecule has 1 unspecified atom stereocenters. The van der Waals surface area contributed by atoms with E-state index in [1.54, 1.807) is 24.3 Å². The lowest BCUT2D eigenvalue weighted by Gasteiger charge is -2.44. The van der Waals surface area contributed by atoms with Crippen LogP contribution in [0.2, 0.25) is 0 Å². The summed E-state index contributed by atoms with van der Waals surface area (Å²) in [5.74, 6) is 0.128. The minimum Gasteiger partial charge on any atom is -0.262 e. The molecule has 0 saturated carbocycles. The second-order valence-corrected chi connectivity index (χ2v) is 9.00. The Hall–Kier alpha value is -2.43. The molecule has 136 valence electrons. The SMILES string of the molecule is Cc1ccc(S(=O)(=O)OC2CC3c4ccccc4C2c2ccccc23)cc1. The van der Waals surface area contributed by atoms with Gasteiger partial charge in [-0.25, -0.2) is 0 Å². The largest absolute Gasteiger partial charge is 0.297 e. The molecule has 0 fully saturated rings. The van der Waals surface area contributed by atoms with Gasteiger partial charge in [-0.3, -0.25) is 4.18 Å². The van der Waals surface area contributed by atoms with Crippen molar-refractivity contribution in [3.05, 3.63) is 101 Å². The number of rotatable bonds is 3. The maximum Gasteiger partial charge on any atom is 0.297 e. The second kappa shape index (κ2) is 6.04. The van der Waals surface area contributed by atoms with Crippen LogP contribution in [-0.2, 0) is 14.3 Å². The van der Waals surface area contributed by atoms with Gasteiger partial charge in [-0.1, -0.05) is 66.2 Å². The standard InChI is InChI=1S/C23H20O3S/c1-15-10-12-16(13-11-15)27(24,25)26-22-14-21-17-6-2-4-8-19(17)23(22)20-9-5-3-7-18(20)21/h2-13,21-23H,14H2,1H3. The Morgan fingerprint density at radius 1 is 0.778 bits per heavy atom. The van der Waals surface area contributed by atoms with E-state index < -0.39 is 10.1 Å². The average Bonchev–Trinajstić information content (AvgIpc) is 2.68. The monoisotopic (exact) mass is 376 g/mol. The Morgan fingerprint density at radius 3 is 1.85 bits per heavy atom. The molecule has 6 rings (SSSR count). The van der Waals surface area contributed by atoms with Crippen LogP contribution in [0, 0.1) is 6.92 Å². The van der Waals surface area contributed by atoms with E-state index in [0.717, 1.165) is 5.56 Å². The zero-order valence-corrected chi connectivity index (χ0v) is 15.8. The third kappa shape index (κ3) is 2.63. The fourth-order valence-corrected chi connectivity index (χ4v) is 5.69. The summed E-state index contributed by atoms with van der Waals surface area (Å²) < 4.78 is 31.6. The molecular weight excluding hydrogens is 356 g/mol. The van der Waals surface area contributed by atoms with E-state index in [1.165, 1.54) is 22.3 Å². The van der Waals surface area contributed by atoms with Gasteiger partial charge >= 0.3 is 0 Å². The summed E-state index contributed by atoms with van der Waals surface area (Å²) in [5, 5.41) is 0. The highest BCUT2D eigenvalue weighted by Crippen LogP contribution is 2.53. The van der Waals surface area contributed by atoms with E-state index >= 15 is 0 Å². The molecule has 0 saturated heterocycles. The first-order valence-corrected chi connectivity index (χ1v) is 10.6. The van der Waals surface area contributed by atoms with E-state index in [1.807, 2.05) is 19.1 Å². The van der Waals surface area contributed by atoms with Gasteiger partial charge in [0.25, 0.3) is 10.1 Å². The van der Waals surface area contributed by atoms with Crippen molar-refractivity contribution < 1.29 is 12.6 Å². The van der Waals surface area contributed by atoms with Crippen LogP contribution in [0.15, 0.2) is 77.7 Å². The van der Waals surface area contributed by atoms with E-state index in [9.17, 15) is 8.42 Å². The van der Waals surface area contributed by atoms with Crippen molar-refractivity contribution in [2.45, 2.75) is 36.2 Å². The molecule has 3 aromatic rings. The quantitative estimate of drug-likeness (QED) is 0.620. The molecule has 0 aromatic heterocycles. The van der Waals surface area contributed by atoms with Gasteiger partial charge in [0.1, 0.15) is 0 Å². The Morgan fingerprint density at radius 2 is 1.30 bits per heavy atom. The number of aryl methyl sites for hydroxylation is 1. The van der Waals surface area contributed by atoms with Crippen molar-refractivity contribution in [3.8, 4) is 0 Å². The van der Waals surface area contributed by atoms with Crippen LogP contribution in [0.3, 0.4) is 0 Å². The van der Waals surface area contributed by atoms with Crippen molar-refractivity contribution in [2.75, 3.05) is 0 Å². The fourth-order valence-electron chi connectivity index (χ4n) is 4.60. The first-order valence-electron chi connectivity index (χ1n) is 9.22. The van der Waals surface area contributed by atoms with E-state index in [0.29, 0.717) is 6.42 Å². The molecule has 0 heterocycles. The minimum absolute atomic E-state index is 0.0531. The summed E-state index contributed by atoms with van der Waals surface area (Å²) in [6.07, 6.45) is 0.301. The van der Waals surface area contributed by atoms with Crippen LogP contribution in [-0.4, -0.2) is 14.5 Å². The van der Waals surface area contributed by atoms with Crippen LogP contribution < -0.4 is 0 Å². The predicted molar refractivity (Wildman–Crippen MR) is 104 cm³/mol. The van der Waals surface area contributed by atoms with Gasteiger partial charge in [0.15, 0.2) is 0 Å². The minimum atomic E-state index is -3.80. The van der Waals surface area contributed by atoms with Gasteiger partial charge in [-0.15, -0.1) is 0 Å². The molecule has 2 bridgehead atoms. The molecule has 27 heavy (non-hydrogen) atoms. The summed E-state index contributed by atoms with van der Waals surface area (Å²) >= 11 is 0. The summed E-state index contributed by atoms with van der Waals surface area (Å²) in [6.45, 7) is 1.94. The average molecular weight is 376 g/mol. The van der Waals surface area contributed by atoms with Crippen LogP contribution in [0.5, 0.6) is 0 Å². The zero-order chi connectivity index (χ0) is 18.6.